The van der Waals surface area contributed by atoms with Crippen molar-refractivity contribution in [3.8, 4) is 0 Å². The van der Waals surface area contributed by atoms with Crippen LogP contribution < -0.4 is 5.73 Å². The summed E-state index contributed by atoms with van der Waals surface area (Å²) in [6.07, 6.45) is 5.77. The van der Waals surface area contributed by atoms with Crippen molar-refractivity contribution >= 4 is 5.82 Å². The fraction of sp³-hybridized carbons (Fsp3) is 0.636. The lowest BCUT2D eigenvalue weighted by molar-refractivity contribution is 0.701. The first-order chi connectivity index (χ1) is 6.69. The maximum Gasteiger partial charge on any atom is 0.136 e. The van der Waals surface area contributed by atoms with Crippen LogP contribution in [0, 0.1) is 0 Å². The van der Waals surface area contributed by atoms with Crippen LogP contribution in [0.2, 0.25) is 0 Å². The Morgan fingerprint density at radius 2 is 2.00 bits per heavy atom. The molecule has 0 unspecified atom stereocenters. The van der Waals surface area contributed by atoms with Crippen molar-refractivity contribution in [1.82, 2.24) is 9.97 Å². The zero-order valence-corrected chi connectivity index (χ0v) is 8.51. The lowest BCUT2D eigenvalue weighted by atomic mass is 10.1. The maximum atomic E-state index is 5.95. The second-order valence-corrected chi connectivity index (χ2v) is 4.77. The molecule has 0 aromatic carbocycles. The van der Waals surface area contributed by atoms with Crippen LogP contribution in [0.15, 0.2) is 0 Å². The van der Waals surface area contributed by atoms with E-state index in [-0.39, 0.29) is 5.41 Å². The van der Waals surface area contributed by atoms with Gasteiger partial charge in [-0.2, -0.15) is 0 Å². The van der Waals surface area contributed by atoms with Gasteiger partial charge in [-0.05, 0) is 32.1 Å². The van der Waals surface area contributed by atoms with E-state index in [1.165, 1.54) is 30.5 Å². The molecule has 0 saturated heterocycles. The maximum absolute atomic E-state index is 5.95. The van der Waals surface area contributed by atoms with Crippen LogP contribution in [-0.2, 0) is 18.3 Å². The second kappa shape index (κ2) is 2.47. The molecule has 0 bridgehead atoms. The topological polar surface area (TPSA) is 51.8 Å². The number of aromatic nitrogens is 2. The number of rotatable bonds is 1. The van der Waals surface area contributed by atoms with Crippen LogP contribution in [0.3, 0.4) is 0 Å². The average molecular weight is 189 g/mol. The molecule has 3 heteroatoms. The number of nitrogens with two attached hydrogens (primary N) is 1. The van der Waals surface area contributed by atoms with Gasteiger partial charge >= 0.3 is 0 Å². The summed E-state index contributed by atoms with van der Waals surface area (Å²) in [4.78, 5) is 9.10. The van der Waals surface area contributed by atoms with E-state index in [1.54, 1.807) is 0 Å². The second-order valence-electron chi connectivity index (χ2n) is 4.77. The summed E-state index contributed by atoms with van der Waals surface area (Å²) in [6, 6.07) is 0. The fourth-order valence-corrected chi connectivity index (χ4v) is 2.14. The van der Waals surface area contributed by atoms with Gasteiger partial charge in [-0.15, -0.1) is 0 Å². The standard InChI is InChI=1S/C11H15N3/c1-11(5-6-11)10-13-8-4-2-3-7(8)9(12)14-10/h2-6H2,1H3,(H2,12,13,14). The van der Waals surface area contributed by atoms with Gasteiger partial charge in [-0.3, -0.25) is 0 Å². The van der Waals surface area contributed by atoms with Gasteiger partial charge in [-0.25, -0.2) is 9.97 Å². The molecular formula is C11H15N3. The Kier molecular flexibility index (Phi) is 1.45. The van der Waals surface area contributed by atoms with Crippen molar-refractivity contribution in [3.63, 3.8) is 0 Å². The van der Waals surface area contributed by atoms with E-state index in [4.69, 9.17) is 5.73 Å². The largest absolute Gasteiger partial charge is 0.383 e. The monoisotopic (exact) mass is 189 g/mol. The van der Waals surface area contributed by atoms with Crippen molar-refractivity contribution < 1.29 is 0 Å². The number of nitrogens with zero attached hydrogens (tertiary/aromatic N) is 2. The van der Waals surface area contributed by atoms with E-state index in [9.17, 15) is 0 Å². The normalized spacial score (nSPS) is 22.1. The molecule has 2 N–H and O–H groups in total. The molecule has 3 nitrogen and oxygen atoms in total. The summed E-state index contributed by atoms with van der Waals surface area (Å²) in [5.41, 5.74) is 8.60. The molecule has 1 fully saturated rings. The van der Waals surface area contributed by atoms with E-state index in [0.29, 0.717) is 0 Å². The molecule has 1 aromatic heterocycles. The molecular weight excluding hydrogens is 174 g/mol. The number of hydrogen-bond donors (Lipinski definition) is 1. The summed E-state index contributed by atoms with van der Waals surface area (Å²) < 4.78 is 0. The highest BCUT2D eigenvalue weighted by molar-refractivity contribution is 5.45. The molecule has 0 radical (unpaired) electrons. The van der Waals surface area contributed by atoms with Gasteiger partial charge in [0.25, 0.3) is 0 Å². The van der Waals surface area contributed by atoms with Crippen LogP contribution in [0.25, 0.3) is 0 Å². The van der Waals surface area contributed by atoms with Gasteiger partial charge in [0.2, 0.25) is 0 Å². The van der Waals surface area contributed by atoms with Crippen molar-refractivity contribution in [1.29, 1.82) is 0 Å². The third-order valence-corrected chi connectivity index (χ3v) is 3.50. The van der Waals surface area contributed by atoms with Crippen LogP contribution in [0.1, 0.15) is 43.3 Å². The van der Waals surface area contributed by atoms with E-state index in [1.807, 2.05) is 0 Å². The van der Waals surface area contributed by atoms with Crippen molar-refractivity contribution in [2.45, 2.75) is 44.4 Å². The zero-order chi connectivity index (χ0) is 9.76. The minimum Gasteiger partial charge on any atom is -0.383 e. The summed E-state index contributed by atoms with van der Waals surface area (Å²) in [7, 11) is 0. The SMILES string of the molecule is CC1(c2nc(N)c3c(n2)CCC3)CC1. The summed E-state index contributed by atoms with van der Waals surface area (Å²) >= 11 is 0. The number of anilines is 1. The average Bonchev–Trinajstić information content (AvgIpc) is 2.75. The number of fused-ring (bicyclic) bond motifs is 1. The lowest BCUT2D eigenvalue weighted by Gasteiger charge is -2.10. The van der Waals surface area contributed by atoms with E-state index >= 15 is 0 Å². The summed E-state index contributed by atoms with van der Waals surface area (Å²) in [6.45, 7) is 2.23. The summed E-state index contributed by atoms with van der Waals surface area (Å²) in [5.74, 6) is 1.71. The molecule has 3 rings (SSSR count). The molecule has 0 atom stereocenters. The number of hydrogen-bond acceptors (Lipinski definition) is 3. The predicted octanol–water partition coefficient (Wildman–Crippen LogP) is 1.60. The van der Waals surface area contributed by atoms with Crippen molar-refractivity contribution in [3.05, 3.63) is 17.1 Å². The van der Waals surface area contributed by atoms with E-state index < -0.39 is 0 Å². The molecule has 0 spiro atoms. The first kappa shape index (κ1) is 8.21. The Labute approximate surface area is 83.8 Å². The number of nitrogen functional groups attached to an aromatic ring is 1. The molecule has 1 aromatic rings. The van der Waals surface area contributed by atoms with Gasteiger partial charge in [0.15, 0.2) is 0 Å². The predicted molar refractivity (Wildman–Crippen MR) is 55.1 cm³/mol. The Balaban J connectivity index is 2.12. The van der Waals surface area contributed by atoms with Gasteiger partial charge in [0, 0.05) is 16.7 Å². The van der Waals surface area contributed by atoms with Crippen LogP contribution >= 0.6 is 0 Å². The highest BCUT2D eigenvalue weighted by atomic mass is 15.0. The molecule has 2 aliphatic rings. The third-order valence-electron chi connectivity index (χ3n) is 3.50. The molecule has 0 amide bonds. The van der Waals surface area contributed by atoms with Gasteiger partial charge in [0.05, 0.1) is 0 Å². The highest BCUT2D eigenvalue weighted by Crippen LogP contribution is 2.46. The zero-order valence-electron chi connectivity index (χ0n) is 8.51. The first-order valence-corrected chi connectivity index (χ1v) is 5.35. The quantitative estimate of drug-likeness (QED) is 0.730. The summed E-state index contributed by atoms with van der Waals surface area (Å²) in [5, 5.41) is 0. The van der Waals surface area contributed by atoms with Gasteiger partial charge in [-0.1, -0.05) is 6.92 Å². The van der Waals surface area contributed by atoms with Crippen molar-refractivity contribution in [2.75, 3.05) is 5.73 Å². The van der Waals surface area contributed by atoms with E-state index in [0.717, 1.165) is 24.5 Å². The minimum absolute atomic E-state index is 0.242. The Morgan fingerprint density at radius 3 is 2.71 bits per heavy atom. The minimum atomic E-state index is 0.242. The number of aryl methyl sites for hydroxylation is 1. The Morgan fingerprint density at radius 1 is 1.21 bits per heavy atom. The molecule has 0 aliphatic heterocycles. The highest BCUT2D eigenvalue weighted by Gasteiger charge is 2.42. The fourth-order valence-electron chi connectivity index (χ4n) is 2.14. The molecule has 2 aliphatic carbocycles. The Hall–Kier alpha value is -1.12. The molecule has 1 saturated carbocycles. The Bertz CT molecular complexity index is 394. The smallest absolute Gasteiger partial charge is 0.136 e. The first-order valence-electron chi connectivity index (χ1n) is 5.35. The van der Waals surface area contributed by atoms with Gasteiger partial charge < -0.3 is 5.73 Å². The molecule has 14 heavy (non-hydrogen) atoms. The molecule has 74 valence electrons. The van der Waals surface area contributed by atoms with Crippen LogP contribution in [0.5, 0.6) is 0 Å². The lowest BCUT2D eigenvalue weighted by Crippen LogP contribution is -2.12. The van der Waals surface area contributed by atoms with Crippen molar-refractivity contribution in [2.24, 2.45) is 0 Å². The van der Waals surface area contributed by atoms with E-state index in [2.05, 4.69) is 16.9 Å². The van der Waals surface area contributed by atoms with Gasteiger partial charge in [0.1, 0.15) is 11.6 Å². The third kappa shape index (κ3) is 1.04. The van der Waals surface area contributed by atoms with Crippen LogP contribution in [0.4, 0.5) is 5.82 Å². The van der Waals surface area contributed by atoms with Crippen LogP contribution in [-0.4, -0.2) is 9.97 Å². The molecule has 1 heterocycles.